The predicted molar refractivity (Wildman–Crippen MR) is 152 cm³/mol. The van der Waals surface area contributed by atoms with E-state index in [0.29, 0.717) is 12.0 Å². The molecule has 0 fully saturated rings. The third-order valence-electron chi connectivity index (χ3n) is 6.18. The minimum absolute atomic E-state index is 0.0277. The van der Waals surface area contributed by atoms with Crippen LogP contribution in [-0.2, 0) is 23.2 Å². The highest BCUT2D eigenvalue weighted by atomic mass is 35.5. The van der Waals surface area contributed by atoms with Crippen molar-refractivity contribution in [3.8, 4) is 5.75 Å². The van der Waals surface area contributed by atoms with Crippen LogP contribution < -0.4 is 10.1 Å². The molecule has 0 aliphatic rings. The smallest absolute Gasteiger partial charge is 0.387 e. The van der Waals surface area contributed by atoms with Crippen LogP contribution in [0.1, 0.15) is 61.2 Å². The fraction of sp³-hybridized carbons (Fsp3) is 0.333. The van der Waals surface area contributed by atoms with Gasteiger partial charge in [-0.3, -0.25) is 9.59 Å². The molecule has 0 saturated carbocycles. The van der Waals surface area contributed by atoms with Gasteiger partial charge >= 0.3 is 6.61 Å². The summed E-state index contributed by atoms with van der Waals surface area (Å²) in [5, 5.41) is 2.95. The van der Waals surface area contributed by atoms with Crippen molar-refractivity contribution in [3.05, 3.63) is 93.0 Å². The van der Waals surface area contributed by atoms with Crippen molar-refractivity contribution in [1.29, 1.82) is 0 Å². The number of hydrogen-bond acceptors (Lipinski definition) is 3. The van der Waals surface area contributed by atoms with E-state index in [1.165, 1.54) is 18.2 Å². The molecule has 3 aromatic carbocycles. The van der Waals surface area contributed by atoms with E-state index in [-0.39, 0.29) is 57.9 Å². The predicted octanol–water partition coefficient (Wildman–Crippen LogP) is 8.13. The molecule has 0 bridgehead atoms. The first-order valence-corrected chi connectivity index (χ1v) is 13.3. The summed E-state index contributed by atoms with van der Waals surface area (Å²) in [6.45, 7) is 5.62. The molecule has 0 heterocycles. The number of alkyl halides is 2. The van der Waals surface area contributed by atoms with Gasteiger partial charge < -0.3 is 15.0 Å². The van der Waals surface area contributed by atoms with Crippen LogP contribution >= 0.6 is 23.2 Å². The third kappa shape index (κ3) is 8.41. The number of rotatable bonds is 10. The first-order chi connectivity index (χ1) is 18.4. The quantitative estimate of drug-likeness (QED) is 0.265. The number of ether oxygens (including phenoxy) is 1. The lowest BCUT2D eigenvalue weighted by Gasteiger charge is -2.26. The van der Waals surface area contributed by atoms with E-state index in [4.69, 9.17) is 23.2 Å². The molecule has 2 amide bonds. The fourth-order valence-corrected chi connectivity index (χ4v) is 4.39. The van der Waals surface area contributed by atoms with Gasteiger partial charge in [-0.05, 0) is 52.8 Å². The maximum atomic E-state index is 14.0. The molecule has 208 valence electrons. The Morgan fingerprint density at radius 3 is 2.31 bits per heavy atom. The minimum Gasteiger partial charge on any atom is -0.435 e. The Labute approximate surface area is 238 Å². The van der Waals surface area contributed by atoms with Crippen LogP contribution in [0, 0.1) is 0 Å². The van der Waals surface area contributed by atoms with E-state index in [2.05, 4.69) is 30.8 Å². The van der Waals surface area contributed by atoms with Crippen LogP contribution in [0.3, 0.4) is 0 Å². The number of carbonyl (C=O) groups is 2. The Bertz CT molecular complexity index is 1310. The summed E-state index contributed by atoms with van der Waals surface area (Å²) >= 11 is 12.8. The van der Waals surface area contributed by atoms with Gasteiger partial charge in [-0.15, -0.1) is 0 Å². The van der Waals surface area contributed by atoms with Crippen molar-refractivity contribution in [3.63, 3.8) is 0 Å². The molecule has 0 saturated heterocycles. The van der Waals surface area contributed by atoms with Crippen molar-refractivity contribution in [1.82, 2.24) is 4.90 Å². The van der Waals surface area contributed by atoms with E-state index < -0.39 is 12.5 Å². The van der Waals surface area contributed by atoms with Crippen molar-refractivity contribution < 1.29 is 23.1 Å². The molecule has 0 aliphatic carbocycles. The molecule has 0 aliphatic heterocycles. The molecular formula is C30H32Cl2F2N2O3. The van der Waals surface area contributed by atoms with Crippen LogP contribution in [0.15, 0.2) is 60.7 Å². The summed E-state index contributed by atoms with van der Waals surface area (Å²) in [5.41, 5.74) is 3.09. The average Bonchev–Trinajstić information content (AvgIpc) is 2.88. The Morgan fingerprint density at radius 1 is 1.00 bits per heavy atom. The van der Waals surface area contributed by atoms with E-state index in [9.17, 15) is 18.4 Å². The first-order valence-electron chi connectivity index (χ1n) is 12.6. The van der Waals surface area contributed by atoms with Crippen LogP contribution in [0.5, 0.6) is 5.75 Å². The van der Waals surface area contributed by atoms with Gasteiger partial charge in [-0.1, -0.05) is 87.3 Å². The molecular weight excluding hydrogens is 545 g/mol. The van der Waals surface area contributed by atoms with Gasteiger partial charge in [-0.25, -0.2) is 0 Å². The van der Waals surface area contributed by atoms with Crippen molar-refractivity contribution in [2.45, 2.75) is 59.1 Å². The highest BCUT2D eigenvalue weighted by Gasteiger charge is 2.25. The average molecular weight is 577 g/mol. The number of nitrogens with one attached hydrogen (secondary N) is 1. The highest BCUT2D eigenvalue weighted by molar-refractivity contribution is 6.44. The zero-order valence-corrected chi connectivity index (χ0v) is 23.9. The summed E-state index contributed by atoms with van der Waals surface area (Å²) < 4.78 is 29.9. The van der Waals surface area contributed by atoms with E-state index in [0.717, 1.165) is 11.1 Å². The standard InChI is InChI=1S/C30H32Cl2F2N2O3/c1-5-25(37)35-24-14-13-23(31)27(32)26(24)28(38)36(18-20-9-11-21(12-10-20)30(2,3)4)16-15-19-7-6-8-22(17-19)39-29(33)34/h6-14,17,29H,5,15-16,18H2,1-4H3,(H,35,37). The van der Waals surface area contributed by atoms with Crippen molar-refractivity contribution in [2.24, 2.45) is 0 Å². The van der Waals surface area contributed by atoms with Gasteiger partial charge in [0.2, 0.25) is 5.91 Å². The molecule has 0 radical (unpaired) electrons. The molecule has 0 unspecified atom stereocenters. The van der Waals surface area contributed by atoms with Crippen LogP contribution in [0.4, 0.5) is 14.5 Å². The van der Waals surface area contributed by atoms with Gasteiger partial charge in [0.05, 0.1) is 21.3 Å². The number of carbonyl (C=O) groups excluding carboxylic acids is 2. The molecule has 9 heteroatoms. The monoisotopic (exact) mass is 576 g/mol. The molecule has 5 nitrogen and oxygen atoms in total. The number of halogens is 4. The maximum Gasteiger partial charge on any atom is 0.387 e. The third-order valence-corrected chi connectivity index (χ3v) is 6.98. The lowest BCUT2D eigenvalue weighted by Crippen LogP contribution is -2.33. The van der Waals surface area contributed by atoms with Crippen molar-refractivity contribution in [2.75, 3.05) is 11.9 Å². The molecule has 3 aromatic rings. The lowest BCUT2D eigenvalue weighted by atomic mass is 9.87. The number of anilines is 1. The molecule has 3 rings (SSSR count). The van der Waals surface area contributed by atoms with Crippen LogP contribution in [-0.4, -0.2) is 29.9 Å². The maximum absolute atomic E-state index is 14.0. The molecule has 0 atom stereocenters. The Kier molecular flexibility index (Phi) is 10.3. The van der Waals surface area contributed by atoms with E-state index in [1.54, 1.807) is 30.0 Å². The number of amides is 2. The van der Waals surface area contributed by atoms with E-state index >= 15 is 0 Å². The van der Waals surface area contributed by atoms with Gasteiger partial charge in [0, 0.05) is 19.5 Å². The minimum atomic E-state index is -2.93. The second-order valence-corrected chi connectivity index (χ2v) is 10.9. The van der Waals surface area contributed by atoms with Crippen molar-refractivity contribution >= 4 is 40.7 Å². The molecule has 0 spiro atoms. The molecule has 0 aromatic heterocycles. The number of benzene rings is 3. The SMILES string of the molecule is CCC(=O)Nc1ccc(Cl)c(Cl)c1C(=O)N(CCc1cccc(OC(F)F)c1)Cc1ccc(C(C)(C)C)cc1. The largest absolute Gasteiger partial charge is 0.435 e. The second-order valence-electron chi connectivity index (χ2n) is 10.1. The van der Waals surface area contributed by atoms with Gasteiger partial charge in [0.1, 0.15) is 5.75 Å². The Balaban J connectivity index is 1.96. The summed E-state index contributed by atoms with van der Waals surface area (Å²) in [4.78, 5) is 27.8. The number of hydrogen-bond donors (Lipinski definition) is 1. The van der Waals surface area contributed by atoms with Gasteiger partial charge in [0.15, 0.2) is 0 Å². The first kappa shape index (κ1) is 30.4. The normalized spacial score (nSPS) is 11.4. The fourth-order valence-electron chi connectivity index (χ4n) is 3.98. The summed E-state index contributed by atoms with van der Waals surface area (Å²) in [6, 6.07) is 17.4. The molecule has 39 heavy (non-hydrogen) atoms. The zero-order chi connectivity index (χ0) is 28.7. The van der Waals surface area contributed by atoms with Gasteiger partial charge in [0.25, 0.3) is 5.91 Å². The lowest BCUT2D eigenvalue weighted by molar-refractivity contribution is -0.115. The molecule has 1 N–H and O–H groups in total. The van der Waals surface area contributed by atoms with Crippen LogP contribution in [0.25, 0.3) is 0 Å². The Morgan fingerprint density at radius 2 is 1.69 bits per heavy atom. The summed E-state index contributed by atoms with van der Waals surface area (Å²) in [5.74, 6) is -0.656. The van der Waals surface area contributed by atoms with Gasteiger partial charge in [-0.2, -0.15) is 8.78 Å². The Hall–Kier alpha value is -3.16. The van der Waals surface area contributed by atoms with E-state index in [1.807, 2.05) is 24.3 Å². The summed E-state index contributed by atoms with van der Waals surface area (Å²) in [6.07, 6.45) is 0.579. The topological polar surface area (TPSA) is 58.6 Å². The number of nitrogens with zero attached hydrogens (tertiary/aromatic N) is 1. The van der Waals surface area contributed by atoms with Crippen LogP contribution in [0.2, 0.25) is 10.0 Å². The summed E-state index contributed by atoms with van der Waals surface area (Å²) in [7, 11) is 0. The second kappa shape index (κ2) is 13.3. The highest BCUT2D eigenvalue weighted by Crippen LogP contribution is 2.33. The zero-order valence-electron chi connectivity index (χ0n) is 22.4.